The van der Waals surface area contributed by atoms with Gasteiger partial charge in [-0.05, 0) is 19.8 Å². The zero-order chi connectivity index (χ0) is 9.57. The molecule has 0 saturated carbocycles. The highest BCUT2D eigenvalue weighted by molar-refractivity contribution is 7.93. The lowest BCUT2D eigenvalue weighted by atomic mass is 10.1. The Morgan fingerprint density at radius 3 is 2.08 bits per heavy atom. The molecule has 1 heterocycles. The molecule has 72 valence electrons. The van der Waals surface area contributed by atoms with E-state index in [-0.39, 0.29) is 11.2 Å². The highest BCUT2D eigenvalue weighted by Gasteiger charge is 2.49. The Labute approximate surface area is 74.0 Å². The summed E-state index contributed by atoms with van der Waals surface area (Å²) in [6, 6.07) is 0. The van der Waals surface area contributed by atoms with Crippen molar-refractivity contribution in [3.63, 3.8) is 0 Å². The summed E-state index contributed by atoms with van der Waals surface area (Å²) < 4.78 is 28.7. The monoisotopic (exact) mass is 192 g/mol. The van der Waals surface area contributed by atoms with Crippen LogP contribution in [-0.4, -0.2) is 25.2 Å². The van der Waals surface area contributed by atoms with E-state index in [1.165, 1.54) is 0 Å². The second-order valence-corrected chi connectivity index (χ2v) is 6.72. The van der Waals surface area contributed by atoms with Crippen molar-refractivity contribution in [2.45, 2.75) is 37.9 Å². The van der Waals surface area contributed by atoms with E-state index in [1.807, 2.05) is 13.8 Å². The lowest BCUT2D eigenvalue weighted by Gasteiger charge is -2.18. The minimum Gasteiger partial charge on any atom is -0.358 e. The first-order valence-corrected chi connectivity index (χ1v) is 5.71. The molecule has 1 aliphatic heterocycles. The Morgan fingerprint density at radius 1 is 1.42 bits per heavy atom. The van der Waals surface area contributed by atoms with Gasteiger partial charge in [-0.1, -0.05) is 13.8 Å². The van der Waals surface area contributed by atoms with Crippen LogP contribution >= 0.6 is 0 Å². The summed E-state index contributed by atoms with van der Waals surface area (Å²) in [5.74, 6) is 0.136. The van der Waals surface area contributed by atoms with Gasteiger partial charge in [0.05, 0.1) is 11.9 Å². The number of rotatable bonds is 1. The predicted molar refractivity (Wildman–Crippen MR) is 47.6 cm³/mol. The molecule has 1 rings (SSSR count). The largest absolute Gasteiger partial charge is 0.358 e. The van der Waals surface area contributed by atoms with Crippen molar-refractivity contribution in [1.29, 1.82) is 0 Å². The van der Waals surface area contributed by atoms with Crippen molar-refractivity contribution in [3.8, 4) is 0 Å². The van der Waals surface area contributed by atoms with E-state index in [9.17, 15) is 8.42 Å². The maximum absolute atomic E-state index is 11.7. The van der Waals surface area contributed by atoms with E-state index in [4.69, 9.17) is 4.74 Å². The zero-order valence-electron chi connectivity index (χ0n) is 7.99. The van der Waals surface area contributed by atoms with Gasteiger partial charge in [-0.3, -0.25) is 0 Å². The lowest BCUT2D eigenvalue weighted by molar-refractivity contribution is 0.0665. The lowest BCUT2D eigenvalue weighted by Crippen LogP contribution is -2.34. The quantitative estimate of drug-likeness (QED) is 0.627. The molecule has 0 aliphatic carbocycles. The summed E-state index contributed by atoms with van der Waals surface area (Å²) in [4.78, 5) is -0.984. The summed E-state index contributed by atoms with van der Waals surface area (Å²) >= 11 is 0. The van der Waals surface area contributed by atoms with Crippen LogP contribution < -0.4 is 0 Å². The molecule has 0 bridgehead atoms. The van der Waals surface area contributed by atoms with E-state index in [1.54, 1.807) is 13.8 Å². The van der Waals surface area contributed by atoms with Gasteiger partial charge in [0, 0.05) is 0 Å². The number of hydrogen-bond donors (Lipinski definition) is 0. The van der Waals surface area contributed by atoms with Gasteiger partial charge in [-0.15, -0.1) is 0 Å². The Bertz CT molecular complexity index is 264. The van der Waals surface area contributed by atoms with Gasteiger partial charge in [0.25, 0.3) is 0 Å². The van der Waals surface area contributed by atoms with E-state index >= 15 is 0 Å². The van der Waals surface area contributed by atoms with Crippen molar-refractivity contribution in [2.75, 3.05) is 6.61 Å². The molecule has 0 N–H and O–H groups in total. The van der Waals surface area contributed by atoms with Gasteiger partial charge in [-0.25, -0.2) is 8.42 Å². The zero-order valence-corrected chi connectivity index (χ0v) is 8.81. The van der Waals surface area contributed by atoms with Gasteiger partial charge < -0.3 is 4.74 Å². The second-order valence-electron chi connectivity index (χ2n) is 4.04. The topological polar surface area (TPSA) is 43.4 Å². The summed E-state index contributed by atoms with van der Waals surface area (Å²) in [5.41, 5.74) is 0. The first kappa shape index (κ1) is 9.99. The van der Waals surface area contributed by atoms with Gasteiger partial charge >= 0.3 is 0 Å². The van der Waals surface area contributed by atoms with Crippen molar-refractivity contribution < 1.29 is 13.2 Å². The molecule has 0 aromatic carbocycles. The highest BCUT2D eigenvalue weighted by atomic mass is 32.2. The Kier molecular flexibility index (Phi) is 2.25. The van der Waals surface area contributed by atoms with Crippen LogP contribution in [0.4, 0.5) is 0 Å². The Balaban J connectivity index is 3.03. The van der Waals surface area contributed by atoms with E-state index < -0.39 is 14.8 Å². The standard InChI is InChI=1S/C8H16O3S/c1-6(2)7-5-11-8(3,4)12(7,9)10/h6-7H,5H2,1-4H3. The van der Waals surface area contributed by atoms with Crippen LogP contribution in [0.5, 0.6) is 0 Å². The van der Waals surface area contributed by atoms with Gasteiger partial charge in [0.1, 0.15) is 0 Å². The fourth-order valence-corrected chi connectivity index (χ4v) is 3.30. The molecule has 0 aromatic heterocycles. The molecule has 1 aliphatic rings. The fourth-order valence-electron chi connectivity index (χ4n) is 1.37. The van der Waals surface area contributed by atoms with Crippen molar-refractivity contribution in [1.82, 2.24) is 0 Å². The molecule has 1 atom stereocenters. The van der Waals surface area contributed by atoms with E-state index in [0.29, 0.717) is 6.61 Å². The van der Waals surface area contributed by atoms with E-state index in [2.05, 4.69) is 0 Å². The molecular weight excluding hydrogens is 176 g/mol. The normalized spacial score (nSPS) is 32.6. The van der Waals surface area contributed by atoms with Crippen LogP contribution in [-0.2, 0) is 14.6 Å². The SMILES string of the molecule is CC(C)C1COC(C)(C)S1(=O)=O. The molecule has 1 unspecified atom stereocenters. The Morgan fingerprint density at radius 2 is 1.92 bits per heavy atom. The van der Waals surface area contributed by atoms with Gasteiger partial charge in [0.2, 0.25) is 0 Å². The number of ether oxygens (including phenoxy) is 1. The average Bonchev–Trinajstić information content (AvgIpc) is 2.03. The summed E-state index contributed by atoms with van der Waals surface area (Å²) in [5, 5.41) is -0.326. The van der Waals surface area contributed by atoms with Crippen LogP contribution in [0.2, 0.25) is 0 Å². The fraction of sp³-hybridized carbons (Fsp3) is 1.00. The minimum absolute atomic E-state index is 0.136. The minimum atomic E-state index is -3.09. The van der Waals surface area contributed by atoms with Crippen LogP contribution in [0.25, 0.3) is 0 Å². The van der Waals surface area contributed by atoms with Crippen LogP contribution in [0.3, 0.4) is 0 Å². The molecule has 0 radical (unpaired) electrons. The summed E-state index contributed by atoms with van der Waals surface area (Å²) in [6.45, 7) is 7.39. The third-order valence-electron chi connectivity index (χ3n) is 2.42. The third kappa shape index (κ3) is 1.27. The van der Waals surface area contributed by atoms with Gasteiger partial charge in [-0.2, -0.15) is 0 Å². The first-order chi connectivity index (χ1) is 5.29. The van der Waals surface area contributed by atoms with Crippen molar-refractivity contribution >= 4 is 9.84 Å². The highest BCUT2D eigenvalue weighted by Crippen LogP contribution is 2.33. The molecule has 3 nitrogen and oxygen atoms in total. The van der Waals surface area contributed by atoms with Gasteiger partial charge in [0.15, 0.2) is 14.8 Å². The van der Waals surface area contributed by atoms with Crippen molar-refractivity contribution in [3.05, 3.63) is 0 Å². The van der Waals surface area contributed by atoms with Crippen LogP contribution in [0.15, 0.2) is 0 Å². The van der Waals surface area contributed by atoms with Crippen LogP contribution in [0, 0.1) is 5.92 Å². The van der Waals surface area contributed by atoms with E-state index in [0.717, 1.165) is 0 Å². The van der Waals surface area contributed by atoms with Crippen LogP contribution in [0.1, 0.15) is 27.7 Å². The Hall–Kier alpha value is -0.0900. The molecule has 1 saturated heterocycles. The summed E-state index contributed by atoms with van der Waals surface area (Å²) in [7, 11) is -3.09. The first-order valence-electron chi connectivity index (χ1n) is 4.16. The smallest absolute Gasteiger partial charge is 0.184 e. The second kappa shape index (κ2) is 2.70. The molecule has 4 heteroatoms. The maximum atomic E-state index is 11.7. The predicted octanol–water partition coefficient (Wildman–Crippen LogP) is 1.19. The molecule has 0 aromatic rings. The average molecular weight is 192 g/mol. The molecule has 0 spiro atoms. The molecule has 12 heavy (non-hydrogen) atoms. The third-order valence-corrected chi connectivity index (χ3v) is 5.39. The number of hydrogen-bond acceptors (Lipinski definition) is 3. The van der Waals surface area contributed by atoms with Crippen molar-refractivity contribution in [2.24, 2.45) is 5.92 Å². The summed E-state index contributed by atoms with van der Waals surface area (Å²) in [6.07, 6.45) is 0. The molecule has 1 fully saturated rings. The molecular formula is C8H16O3S. The molecule has 0 amide bonds. The maximum Gasteiger partial charge on any atom is 0.184 e. The number of sulfone groups is 1.